The molecule has 0 radical (unpaired) electrons. The molecule has 20 heavy (non-hydrogen) atoms. The zero-order valence-electron chi connectivity index (χ0n) is 14.0. The summed E-state index contributed by atoms with van der Waals surface area (Å²) >= 11 is 0. The maximum absolute atomic E-state index is 3.65. The summed E-state index contributed by atoms with van der Waals surface area (Å²) < 4.78 is 0. The minimum atomic E-state index is 0.589. The van der Waals surface area contributed by atoms with Gasteiger partial charge in [0.25, 0.3) is 0 Å². The van der Waals surface area contributed by atoms with E-state index in [1.165, 1.54) is 49.2 Å². The third kappa shape index (κ3) is 6.06. The number of benzene rings is 1. The molecule has 0 saturated carbocycles. The van der Waals surface area contributed by atoms with E-state index in [1.54, 1.807) is 0 Å². The van der Waals surface area contributed by atoms with Crippen LogP contribution in [0.5, 0.6) is 0 Å². The first kappa shape index (κ1) is 17.2. The van der Waals surface area contributed by atoms with Gasteiger partial charge in [-0.15, -0.1) is 0 Å². The molecule has 2 heteroatoms. The topological polar surface area (TPSA) is 15.3 Å². The van der Waals surface area contributed by atoms with Crippen LogP contribution in [-0.4, -0.2) is 30.6 Å². The summed E-state index contributed by atoms with van der Waals surface area (Å²) in [6.07, 6.45) is 2.53. The van der Waals surface area contributed by atoms with Gasteiger partial charge in [0.05, 0.1) is 0 Å². The Hall–Kier alpha value is -0.860. The quantitative estimate of drug-likeness (QED) is 0.736. The zero-order chi connectivity index (χ0) is 15.0. The van der Waals surface area contributed by atoms with Crippen LogP contribution in [-0.2, 0) is 6.54 Å². The molecule has 0 aliphatic heterocycles. The van der Waals surface area contributed by atoms with E-state index in [-0.39, 0.29) is 0 Å². The van der Waals surface area contributed by atoms with E-state index in [0.29, 0.717) is 6.04 Å². The highest BCUT2D eigenvalue weighted by atomic mass is 15.1. The zero-order valence-corrected chi connectivity index (χ0v) is 14.0. The van der Waals surface area contributed by atoms with Gasteiger partial charge in [-0.3, -0.25) is 0 Å². The normalized spacial score (nSPS) is 12.9. The summed E-state index contributed by atoms with van der Waals surface area (Å²) in [6, 6.07) is 7.31. The van der Waals surface area contributed by atoms with E-state index < -0.39 is 0 Å². The first-order valence-electron chi connectivity index (χ1n) is 8.08. The van der Waals surface area contributed by atoms with Crippen molar-refractivity contribution in [1.82, 2.24) is 10.2 Å². The predicted molar refractivity (Wildman–Crippen MR) is 89.2 cm³/mol. The monoisotopic (exact) mass is 276 g/mol. The maximum Gasteiger partial charge on any atom is 0.0210 e. The molecule has 114 valence electrons. The molecular formula is C18H32N2. The van der Waals surface area contributed by atoms with Gasteiger partial charge in [0.1, 0.15) is 0 Å². The molecule has 1 aromatic rings. The molecule has 0 fully saturated rings. The van der Waals surface area contributed by atoms with Crippen molar-refractivity contribution in [3.05, 3.63) is 34.9 Å². The van der Waals surface area contributed by atoms with Gasteiger partial charge in [0.15, 0.2) is 0 Å². The highest BCUT2D eigenvalue weighted by Gasteiger charge is 2.05. The maximum atomic E-state index is 3.65. The summed E-state index contributed by atoms with van der Waals surface area (Å²) in [5.41, 5.74) is 4.16. The van der Waals surface area contributed by atoms with Gasteiger partial charge in [-0.25, -0.2) is 0 Å². The van der Waals surface area contributed by atoms with E-state index in [9.17, 15) is 0 Å². The van der Waals surface area contributed by atoms with E-state index in [0.717, 1.165) is 6.54 Å². The average Bonchev–Trinajstić information content (AvgIpc) is 2.42. The molecule has 0 aliphatic carbocycles. The van der Waals surface area contributed by atoms with Crippen molar-refractivity contribution in [1.29, 1.82) is 0 Å². The second-order valence-electron chi connectivity index (χ2n) is 5.88. The molecule has 0 spiro atoms. The van der Waals surface area contributed by atoms with E-state index in [1.807, 2.05) is 0 Å². The molecule has 0 aliphatic rings. The van der Waals surface area contributed by atoms with Crippen molar-refractivity contribution in [2.75, 3.05) is 19.6 Å². The lowest BCUT2D eigenvalue weighted by molar-refractivity contribution is 0.290. The Kier molecular flexibility index (Phi) is 7.86. The van der Waals surface area contributed by atoms with Crippen LogP contribution in [0.4, 0.5) is 0 Å². The molecule has 0 saturated heterocycles. The SMILES string of the molecule is CCN(CC)CCCC(C)NCc1ccc(C)cc1C. The number of nitrogens with zero attached hydrogens (tertiary/aromatic N) is 1. The van der Waals surface area contributed by atoms with Crippen LogP contribution in [0.2, 0.25) is 0 Å². The van der Waals surface area contributed by atoms with Crippen molar-refractivity contribution in [3.8, 4) is 0 Å². The van der Waals surface area contributed by atoms with Crippen LogP contribution in [0.1, 0.15) is 50.3 Å². The van der Waals surface area contributed by atoms with Crippen molar-refractivity contribution < 1.29 is 0 Å². The number of rotatable bonds is 9. The third-order valence-electron chi connectivity index (χ3n) is 4.14. The van der Waals surface area contributed by atoms with Gasteiger partial charge < -0.3 is 10.2 Å². The Morgan fingerprint density at radius 3 is 2.45 bits per heavy atom. The summed E-state index contributed by atoms with van der Waals surface area (Å²) in [5.74, 6) is 0. The Balaban J connectivity index is 2.27. The Bertz CT molecular complexity index is 383. The van der Waals surface area contributed by atoms with Gasteiger partial charge in [0, 0.05) is 12.6 Å². The standard InChI is InChI=1S/C18H32N2/c1-6-20(7-2)12-8-9-17(5)19-14-18-11-10-15(3)13-16(18)4/h10-11,13,17,19H,6-9,12,14H2,1-5H3. The summed E-state index contributed by atoms with van der Waals surface area (Å²) in [5, 5.41) is 3.65. The number of aryl methyl sites for hydroxylation is 2. The molecule has 0 aromatic heterocycles. The molecule has 0 amide bonds. The summed E-state index contributed by atoms with van der Waals surface area (Å²) in [6.45, 7) is 15.7. The van der Waals surface area contributed by atoms with Gasteiger partial charge in [-0.1, -0.05) is 37.6 Å². The summed E-state index contributed by atoms with van der Waals surface area (Å²) in [4.78, 5) is 2.50. The fourth-order valence-corrected chi connectivity index (χ4v) is 2.59. The molecule has 1 unspecified atom stereocenters. The lowest BCUT2D eigenvalue weighted by Gasteiger charge is -2.20. The number of hydrogen-bond acceptors (Lipinski definition) is 2. The molecule has 2 nitrogen and oxygen atoms in total. The average molecular weight is 276 g/mol. The van der Waals surface area contributed by atoms with Crippen molar-refractivity contribution >= 4 is 0 Å². The summed E-state index contributed by atoms with van der Waals surface area (Å²) in [7, 11) is 0. The molecule has 1 rings (SSSR count). The first-order valence-corrected chi connectivity index (χ1v) is 8.08. The fourth-order valence-electron chi connectivity index (χ4n) is 2.59. The lowest BCUT2D eigenvalue weighted by Crippen LogP contribution is -2.29. The molecule has 1 aromatic carbocycles. The van der Waals surface area contributed by atoms with Crippen LogP contribution < -0.4 is 5.32 Å². The van der Waals surface area contributed by atoms with Gasteiger partial charge >= 0.3 is 0 Å². The van der Waals surface area contributed by atoms with Gasteiger partial charge in [-0.05, 0) is 64.4 Å². The Labute approximate surface area is 125 Å². The van der Waals surface area contributed by atoms with Crippen molar-refractivity contribution in [2.24, 2.45) is 0 Å². The van der Waals surface area contributed by atoms with Gasteiger partial charge in [0.2, 0.25) is 0 Å². The lowest BCUT2D eigenvalue weighted by atomic mass is 10.1. The number of hydrogen-bond donors (Lipinski definition) is 1. The highest BCUT2D eigenvalue weighted by Crippen LogP contribution is 2.11. The molecule has 0 bridgehead atoms. The van der Waals surface area contributed by atoms with Crippen molar-refractivity contribution in [3.63, 3.8) is 0 Å². The smallest absolute Gasteiger partial charge is 0.0210 e. The first-order chi connectivity index (χ1) is 9.56. The Morgan fingerprint density at radius 2 is 1.85 bits per heavy atom. The van der Waals surface area contributed by atoms with E-state index in [4.69, 9.17) is 0 Å². The van der Waals surface area contributed by atoms with Crippen LogP contribution in [0.3, 0.4) is 0 Å². The molecular weight excluding hydrogens is 244 g/mol. The van der Waals surface area contributed by atoms with E-state index in [2.05, 4.69) is 63.0 Å². The molecule has 1 atom stereocenters. The number of nitrogens with one attached hydrogen (secondary N) is 1. The van der Waals surface area contributed by atoms with Crippen molar-refractivity contribution in [2.45, 2.75) is 60.0 Å². The van der Waals surface area contributed by atoms with Crippen LogP contribution in [0, 0.1) is 13.8 Å². The Morgan fingerprint density at radius 1 is 1.15 bits per heavy atom. The molecule has 0 heterocycles. The third-order valence-corrected chi connectivity index (χ3v) is 4.14. The fraction of sp³-hybridized carbons (Fsp3) is 0.667. The predicted octanol–water partition coefficient (Wildman–Crippen LogP) is 3.90. The van der Waals surface area contributed by atoms with Crippen LogP contribution >= 0.6 is 0 Å². The minimum Gasteiger partial charge on any atom is -0.310 e. The molecule has 1 N–H and O–H groups in total. The largest absolute Gasteiger partial charge is 0.310 e. The second kappa shape index (κ2) is 9.15. The minimum absolute atomic E-state index is 0.589. The van der Waals surface area contributed by atoms with E-state index >= 15 is 0 Å². The van der Waals surface area contributed by atoms with Gasteiger partial charge in [-0.2, -0.15) is 0 Å². The van der Waals surface area contributed by atoms with Crippen LogP contribution in [0.25, 0.3) is 0 Å². The van der Waals surface area contributed by atoms with Crippen LogP contribution in [0.15, 0.2) is 18.2 Å². The second-order valence-corrected chi connectivity index (χ2v) is 5.88. The highest BCUT2D eigenvalue weighted by molar-refractivity contribution is 5.30.